The van der Waals surface area contributed by atoms with Crippen molar-refractivity contribution in [3.63, 3.8) is 0 Å². The topological polar surface area (TPSA) is 66.8 Å². The molecule has 1 aliphatic rings. The average molecular weight is 219 g/mol. The summed E-state index contributed by atoms with van der Waals surface area (Å²) in [4.78, 5) is 23.3. The Labute approximate surface area is 86.4 Å². The van der Waals surface area contributed by atoms with E-state index in [1.54, 1.807) is 0 Å². The van der Waals surface area contributed by atoms with Gasteiger partial charge in [0.25, 0.3) is 0 Å². The fourth-order valence-electron chi connectivity index (χ4n) is 1.23. The van der Waals surface area contributed by atoms with Gasteiger partial charge in [-0.15, -0.1) is 11.8 Å². The first kappa shape index (κ1) is 11.2. The molecule has 1 aliphatic heterocycles. The molecule has 1 fully saturated rings. The zero-order valence-electron chi connectivity index (χ0n) is 7.93. The molecule has 1 N–H and O–H groups in total. The van der Waals surface area contributed by atoms with Crippen molar-refractivity contribution in [3.8, 4) is 0 Å². The van der Waals surface area contributed by atoms with Crippen LogP contribution in [0.4, 0.5) is 4.79 Å². The second-order valence-electron chi connectivity index (χ2n) is 2.95. The van der Waals surface area contributed by atoms with Crippen molar-refractivity contribution >= 4 is 23.8 Å². The average Bonchev–Trinajstić information content (AvgIpc) is 2.51. The molecule has 80 valence electrons. The molecule has 0 saturated carbocycles. The smallest absolute Gasteiger partial charge is 0.450 e. The summed E-state index contributed by atoms with van der Waals surface area (Å²) < 4.78 is 4.59. The van der Waals surface area contributed by atoms with Gasteiger partial charge in [-0.1, -0.05) is 6.92 Å². The molecule has 5 nitrogen and oxygen atoms in total. The number of ether oxygens (including phenoxy) is 1. The second kappa shape index (κ2) is 5.09. The normalized spacial score (nSPS) is 20.9. The molecule has 0 radical (unpaired) electrons. The van der Waals surface area contributed by atoms with Gasteiger partial charge in [-0.05, 0) is 6.42 Å². The van der Waals surface area contributed by atoms with Crippen molar-refractivity contribution in [2.24, 2.45) is 0 Å². The summed E-state index contributed by atoms with van der Waals surface area (Å²) in [5.74, 6) is 1.02. The van der Waals surface area contributed by atoms with Gasteiger partial charge in [0.05, 0.1) is 11.6 Å². The van der Waals surface area contributed by atoms with Crippen molar-refractivity contribution in [2.75, 3.05) is 11.6 Å². The third kappa shape index (κ3) is 2.80. The molecule has 0 aromatic rings. The van der Waals surface area contributed by atoms with E-state index < -0.39 is 12.4 Å². The maximum Gasteiger partial charge on any atom is 0.507 e. The van der Waals surface area contributed by atoms with E-state index in [1.165, 1.54) is 16.7 Å². The van der Waals surface area contributed by atoms with Gasteiger partial charge in [0.2, 0.25) is 5.91 Å². The number of rotatable bonds is 3. The van der Waals surface area contributed by atoms with Gasteiger partial charge in [-0.3, -0.25) is 9.69 Å². The summed E-state index contributed by atoms with van der Waals surface area (Å²) in [5, 5.41) is 8.43. The van der Waals surface area contributed by atoms with E-state index in [9.17, 15) is 9.59 Å². The molecular formula is C8H13NO4S. The van der Waals surface area contributed by atoms with Gasteiger partial charge >= 0.3 is 6.16 Å². The number of hydrogen-bond acceptors (Lipinski definition) is 4. The van der Waals surface area contributed by atoms with Gasteiger partial charge in [0.15, 0.2) is 6.23 Å². The molecule has 1 heterocycles. The van der Waals surface area contributed by atoms with Crippen molar-refractivity contribution in [3.05, 3.63) is 0 Å². The van der Waals surface area contributed by atoms with Crippen molar-refractivity contribution in [1.82, 2.24) is 4.90 Å². The standard InChI is InChI=1S/C8H13NO4S/c1-2-3-6(10)9-5-14-4-7(9)13-8(11)12/h7H,2-5H2,1H3,(H,11,12). The van der Waals surface area contributed by atoms with E-state index >= 15 is 0 Å². The first-order chi connectivity index (χ1) is 6.65. The Balaban J connectivity index is 2.50. The van der Waals surface area contributed by atoms with Gasteiger partial charge in [-0.2, -0.15) is 0 Å². The molecule has 0 bridgehead atoms. The van der Waals surface area contributed by atoms with Gasteiger partial charge < -0.3 is 9.84 Å². The highest BCUT2D eigenvalue weighted by molar-refractivity contribution is 7.99. The summed E-state index contributed by atoms with van der Waals surface area (Å²) in [6.45, 7) is 1.91. The predicted molar refractivity (Wildman–Crippen MR) is 52.0 cm³/mol. The summed E-state index contributed by atoms with van der Waals surface area (Å²) in [7, 11) is 0. The number of amides is 1. The number of hydrogen-bond donors (Lipinski definition) is 1. The monoisotopic (exact) mass is 219 g/mol. The summed E-state index contributed by atoms with van der Waals surface area (Å²) in [6.07, 6.45) is -0.719. The van der Waals surface area contributed by atoms with Gasteiger partial charge in [0.1, 0.15) is 0 Å². The van der Waals surface area contributed by atoms with E-state index in [-0.39, 0.29) is 5.91 Å². The molecule has 0 aliphatic carbocycles. The molecule has 1 atom stereocenters. The molecule has 0 aromatic heterocycles. The van der Waals surface area contributed by atoms with Crippen LogP contribution in [-0.4, -0.2) is 39.9 Å². The van der Waals surface area contributed by atoms with Crippen molar-refractivity contribution in [1.29, 1.82) is 0 Å². The summed E-state index contributed by atoms with van der Waals surface area (Å²) >= 11 is 1.50. The molecule has 1 rings (SSSR count). The van der Waals surface area contributed by atoms with E-state index in [0.29, 0.717) is 18.1 Å². The van der Waals surface area contributed by atoms with E-state index in [0.717, 1.165) is 6.42 Å². The van der Waals surface area contributed by atoms with Crippen LogP contribution in [0.5, 0.6) is 0 Å². The van der Waals surface area contributed by atoms with Crippen LogP contribution in [0, 0.1) is 0 Å². The van der Waals surface area contributed by atoms with Crippen LogP contribution < -0.4 is 0 Å². The Morgan fingerprint density at radius 3 is 2.93 bits per heavy atom. The minimum Gasteiger partial charge on any atom is -0.450 e. The molecule has 0 aromatic carbocycles. The van der Waals surface area contributed by atoms with Crippen LogP contribution in [0.15, 0.2) is 0 Å². The molecule has 14 heavy (non-hydrogen) atoms. The molecule has 0 spiro atoms. The van der Waals surface area contributed by atoms with Crippen molar-refractivity contribution in [2.45, 2.75) is 26.0 Å². The predicted octanol–water partition coefficient (Wildman–Crippen LogP) is 1.34. The Kier molecular flexibility index (Phi) is 4.06. The summed E-state index contributed by atoms with van der Waals surface area (Å²) in [6, 6.07) is 0. The van der Waals surface area contributed by atoms with Crippen LogP contribution in [0.3, 0.4) is 0 Å². The maximum atomic E-state index is 11.5. The lowest BCUT2D eigenvalue weighted by molar-refractivity contribution is -0.138. The lowest BCUT2D eigenvalue weighted by Crippen LogP contribution is -2.39. The van der Waals surface area contributed by atoms with Crippen LogP contribution >= 0.6 is 11.8 Å². The van der Waals surface area contributed by atoms with Crippen LogP contribution in [0.25, 0.3) is 0 Å². The third-order valence-electron chi connectivity index (χ3n) is 1.86. The van der Waals surface area contributed by atoms with Crippen LogP contribution in [0.1, 0.15) is 19.8 Å². The number of carbonyl (C=O) groups is 2. The lowest BCUT2D eigenvalue weighted by atomic mass is 10.3. The second-order valence-corrected chi connectivity index (χ2v) is 3.95. The third-order valence-corrected chi connectivity index (χ3v) is 2.84. The van der Waals surface area contributed by atoms with E-state index in [4.69, 9.17) is 5.11 Å². The number of carboxylic acid groups (broad SMARTS) is 1. The number of thioether (sulfide) groups is 1. The fourth-order valence-corrected chi connectivity index (χ4v) is 2.29. The van der Waals surface area contributed by atoms with Gasteiger partial charge in [-0.25, -0.2) is 4.79 Å². The SMILES string of the molecule is CCCC(=O)N1CSCC1OC(=O)O. The highest BCUT2D eigenvalue weighted by Crippen LogP contribution is 2.22. The van der Waals surface area contributed by atoms with Gasteiger partial charge in [0, 0.05) is 6.42 Å². The maximum absolute atomic E-state index is 11.5. The highest BCUT2D eigenvalue weighted by atomic mass is 32.2. The van der Waals surface area contributed by atoms with Crippen LogP contribution in [0.2, 0.25) is 0 Å². The molecule has 1 unspecified atom stereocenters. The van der Waals surface area contributed by atoms with E-state index in [2.05, 4.69) is 4.74 Å². The van der Waals surface area contributed by atoms with Crippen molar-refractivity contribution < 1.29 is 19.4 Å². The Morgan fingerprint density at radius 2 is 2.36 bits per heavy atom. The summed E-state index contributed by atoms with van der Waals surface area (Å²) in [5.41, 5.74) is 0. The lowest BCUT2D eigenvalue weighted by Gasteiger charge is -2.21. The number of carbonyl (C=O) groups excluding carboxylic acids is 1. The minimum atomic E-state index is -1.33. The fraction of sp³-hybridized carbons (Fsp3) is 0.750. The Bertz CT molecular complexity index is 233. The Hall–Kier alpha value is -0.910. The number of nitrogens with zero attached hydrogens (tertiary/aromatic N) is 1. The molecule has 1 saturated heterocycles. The minimum absolute atomic E-state index is 0.0382. The highest BCUT2D eigenvalue weighted by Gasteiger charge is 2.31. The molecule has 1 amide bonds. The zero-order valence-corrected chi connectivity index (χ0v) is 8.75. The first-order valence-corrected chi connectivity index (χ1v) is 5.57. The molecular weight excluding hydrogens is 206 g/mol. The quantitative estimate of drug-likeness (QED) is 0.725. The van der Waals surface area contributed by atoms with Crippen LogP contribution in [-0.2, 0) is 9.53 Å². The first-order valence-electron chi connectivity index (χ1n) is 4.42. The zero-order chi connectivity index (χ0) is 10.6. The van der Waals surface area contributed by atoms with E-state index in [1.807, 2.05) is 6.92 Å². The largest absolute Gasteiger partial charge is 0.507 e. The molecule has 6 heteroatoms. The Morgan fingerprint density at radius 1 is 1.64 bits per heavy atom.